The minimum Gasteiger partial charge on any atom is -0.369 e. The Hall–Kier alpha value is -2.78. The fraction of sp³-hybridized carbons (Fsp3) is 0.448. The van der Waals surface area contributed by atoms with Gasteiger partial charge in [-0.3, -0.25) is 15.5 Å². The predicted molar refractivity (Wildman–Crippen MR) is 158 cm³/mol. The third kappa shape index (κ3) is 9.55. The first-order valence-electron chi connectivity index (χ1n) is 13.0. The summed E-state index contributed by atoms with van der Waals surface area (Å²) in [6.45, 7) is 12.1. The molecule has 4 rings (SSSR count). The highest BCUT2D eigenvalue weighted by molar-refractivity contribution is 7.07. The number of nitrogens with two attached hydrogens (primary N) is 1. The van der Waals surface area contributed by atoms with Crippen LogP contribution in [0.4, 0.5) is 11.5 Å². The number of allylic oxidation sites excluding steroid dienone is 1. The predicted octanol–water partition coefficient (Wildman–Crippen LogP) is 5.51. The minimum absolute atomic E-state index is 0.0263. The zero-order chi connectivity index (χ0) is 26.8. The average molecular weight is 523 g/mol. The largest absolute Gasteiger partial charge is 0.369 e. The van der Waals surface area contributed by atoms with E-state index in [2.05, 4.69) is 77.2 Å². The van der Waals surface area contributed by atoms with Gasteiger partial charge in [0.25, 0.3) is 0 Å². The summed E-state index contributed by atoms with van der Waals surface area (Å²) in [5, 5.41) is 13.2. The highest BCUT2D eigenvalue weighted by atomic mass is 32.1. The molecule has 200 valence electrons. The second-order valence-electron chi connectivity index (χ2n) is 10.2. The molecule has 3 aromatic rings. The Kier molecular flexibility index (Phi) is 10.6. The number of likely N-dealkylation sites (N-methyl/N-ethyl adjacent to an activating group) is 1. The molecule has 1 aliphatic rings. The molecule has 1 amide bonds. The van der Waals surface area contributed by atoms with E-state index in [-0.39, 0.29) is 11.3 Å². The van der Waals surface area contributed by atoms with Crippen molar-refractivity contribution in [1.82, 2.24) is 14.9 Å². The van der Waals surface area contributed by atoms with Crippen molar-refractivity contribution in [3.63, 3.8) is 0 Å². The molecule has 4 N–H and O–H groups in total. The first kappa shape index (κ1) is 28.8. The Morgan fingerprint density at radius 1 is 1.32 bits per heavy atom. The quantitative estimate of drug-likeness (QED) is 0.133. The molecule has 1 aromatic carbocycles. The first-order valence-corrected chi connectivity index (χ1v) is 13.9. The second kappa shape index (κ2) is 13.7. The molecule has 0 bridgehead atoms. The van der Waals surface area contributed by atoms with Crippen LogP contribution < -0.4 is 16.5 Å². The van der Waals surface area contributed by atoms with Gasteiger partial charge in [0.15, 0.2) is 0 Å². The molecule has 1 fully saturated rings. The number of amides is 1. The summed E-state index contributed by atoms with van der Waals surface area (Å²) in [6, 6.07) is 12.5. The number of benzene rings is 1. The zero-order valence-electron chi connectivity index (χ0n) is 22.8. The average Bonchev–Trinajstić information content (AvgIpc) is 3.30. The van der Waals surface area contributed by atoms with Gasteiger partial charge in [-0.05, 0) is 66.9 Å². The van der Waals surface area contributed by atoms with Gasteiger partial charge in [-0.15, -0.1) is 0 Å². The molecule has 8 heteroatoms. The lowest BCUT2D eigenvalue weighted by Gasteiger charge is -2.26. The normalized spacial score (nSPS) is 18.4. The fourth-order valence-electron chi connectivity index (χ4n) is 4.16. The monoisotopic (exact) mass is 522 g/mol. The van der Waals surface area contributed by atoms with E-state index in [1.165, 1.54) is 5.56 Å². The standard InChI is InChI=1S/C24H36N6O.C5H6S/c1-5-6-12-24(3,17-30-16-18(30)2)15-23(31)28-21-9-7-8-20-19(21)10-11-22(27-20)26-13-14-29(4)25;1-5-2-3-6-4-5/h6-12,18H,5,13-17,25H2,1-4H3,(H,26,27)(H,28,31);2-4H,1H3/b12-6+;. The van der Waals surface area contributed by atoms with Crippen molar-refractivity contribution in [3.8, 4) is 0 Å². The van der Waals surface area contributed by atoms with Crippen LogP contribution in [-0.2, 0) is 4.79 Å². The van der Waals surface area contributed by atoms with Crippen molar-refractivity contribution >= 4 is 39.7 Å². The van der Waals surface area contributed by atoms with Gasteiger partial charge in [-0.25, -0.2) is 9.99 Å². The van der Waals surface area contributed by atoms with Crippen LogP contribution in [0.25, 0.3) is 10.9 Å². The molecular formula is C29H42N6OS. The summed E-state index contributed by atoms with van der Waals surface area (Å²) in [4.78, 5) is 20.1. The van der Waals surface area contributed by atoms with Gasteiger partial charge in [0.2, 0.25) is 5.91 Å². The number of anilines is 2. The van der Waals surface area contributed by atoms with Crippen molar-refractivity contribution in [3.05, 3.63) is 64.9 Å². The smallest absolute Gasteiger partial charge is 0.225 e. The van der Waals surface area contributed by atoms with Crippen LogP contribution >= 0.6 is 11.3 Å². The van der Waals surface area contributed by atoms with Crippen LogP contribution in [0.2, 0.25) is 0 Å². The van der Waals surface area contributed by atoms with E-state index in [0.717, 1.165) is 48.5 Å². The van der Waals surface area contributed by atoms with E-state index in [4.69, 9.17) is 5.84 Å². The lowest BCUT2D eigenvalue weighted by molar-refractivity contribution is -0.117. The van der Waals surface area contributed by atoms with Gasteiger partial charge in [0.1, 0.15) is 5.82 Å². The van der Waals surface area contributed by atoms with Crippen LogP contribution in [0.15, 0.2) is 59.3 Å². The number of nitrogens with one attached hydrogen (secondary N) is 2. The summed E-state index contributed by atoms with van der Waals surface area (Å²) in [5.74, 6) is 6.47. The number of pyridine rings is 1. The molecule has 3 heterocycles. The lowest BCUT2D eigenvalue weighted by atomic mass is 9.85. The van der Waals surface area contributed by atoms with E-state index in [1.807, 2.05) is 37.4 Å². The summed E-state index contributed by atoms with van der Waals surface area (Å²) in [7, 11) is 1.83. The second-order valence-corrected chi connectivity index (χ2v) is 11.0. The van der Waals surface area contributed by atoms with Gasteiger partial charge in [0, 0.05) is 56.5 Å². The summed E-state index contributed by atoms with van der Waals surface area (Å²) < 4.78 is 0. The maximum atomic E-state index is 13.0. The molecule has 3 unspecified atom stereocenters. The van der Waals surface area contributed by atoms with Crippen LogP contribution in [0.1, 0.15) is 39.2 Å². The molecule has 0 spiro atoms. The Labute approximate surface area is 225 Å². The number of carbonyl (C=O) groups is 1. The van der Waals surface area contributed by atoms with Crippen molar-refractivity contribution in [2.24, 2.45) is 11.3 Å². The van der Waals surface area contributed by atoms with E-state index in [9.17, 15) is 4.79 Å². The number of hydrazine groups is 1. The fourth-order valence-corrected chi connectivity index (χ4v) is 4.83. The number of nitrogens with zero attached hydrogens (tertiary/aromatic N) is 3. The number of aryl methyl sites for hydroxylation is 1. The van der Waals surface area contributed by atoms with Crippen LogP contribution in [0, 0.1) is 12.3 Å². The molecular weight excluding hydrogens is 480 g/mol. The minimum atomic E-state index is -0.180. The number of hydrogen-bond donors (Lipinski definition) is 3. The zero-order valence-corrected chi connectivity index (χ0v) is 23.6. The topological polar surface area (TPSA) is 86.3 Å². The molecule has 0 aliphatic carbocycles. The Morgan fingerprint density at radius 3 is 2.70 bits per heavy atom. The molecule has 0 radical (unpaired) electrons. The number of thiophene rings is 1. The van der Waals surface area contributed by atoms with Gasteiger partial charge in [-0.1, -0.05) is 32.1 Å². The van der Waals surface area contributed by atoms with E-state index >= 15 is 0 Å². The third-order valence-corrected chi connectivity index (χ3v) is 7.11. The SMILES string of the molecule is CC/C=C/C(C)(CC(=O)Nc1cccc2nc(NCCN(C)N)ccc12)CN1CC1C.Cc1ccsc1. The van der Waals surface area contributed by atoms with Crippen molar-refractivity contribution < 1.29 is 4.79 Å². The summed E-state index contributed by atoms with van der Waals surface area (Å²) in [6.07, 6.45) is 5.79. The van der Waals surface area contributed by atoms with Gasteiger partial charge >= 0.3 is 0 Å². The van der Waals surface area contributed by atoms with E-state index in [1.54, 1.807) is 16.3 Å². The van der Waals surface area contributed by atoms with Crippen molar-refractivity contribution in [1.29, 1.82) is 0 Å². The van der Waals surface area contributed by atoms with E-state index < -0.39 is 0 Å². The van der Waals surface area contributed by atoms with Gasteiger partial charge < -0.3 is 10.6 Å². The molecule has 1 aliphatic heterocycles. The highest BCUT2D eigenvalue weighted by Crippen LogP contribution is 2.32. The molecule has 1 saturated heterocycles. The number of fused-ring (bicyclic) bond motifs is 1. The van der Waals surface area contributed by atoms with Gasteiger partial charge in [0.05, 0.1) is 11.2 Å². The van der Waals surface area contributed by atoms with Crippen LogP contribution in [-0.4, -0.2) is 60.1 Å². The van der Waals surface area contributed by atoms with Crippen molar-refractivity contribution in [2.75, 3.05) is 43.9 Å². The van der Waals surface area contributed by atoms with Gasteiger partial charge in [-0.2, -0.15) is 11.3 Å². The number of carbonyl (C=O) groups excluding carboxylic acids is 1. The maximum absolute atomic E-state index is 13.0. The molecule has 7 nitrogen and oxygen atoms in total. The van der Waals surface area contributed by atoms with Crippen LogP contribution in [0.3, 0.4) is 0 Å². The maximum Gasteiger partial charge on any atom is 0.225 e. The molecule has 0 saturated carbocycles. The number of aromatic nitrogens is 1. The molecule has 37 heavy (non-hydrogen) atoms. The van der Waals surface area contributed by atoms with E-state index in [0.29, 0.717) is 19.0 Å². The lowest BCUT2D eigenvalue weighted by Crippen LogP contribution is -2.31. The number of hydrogen-bond acceptors (Lipinski definition) is 7. The highest BCUT2D eigenvalue weighted by Gasteiger charge is 2.36. The molecule has 2 aromatic heterocycles. The molecule has 3 atom stereocenters. The third-order valence-electron chi connectivity index (χ3n) is 6.31. The van der Waals surface area contributed by atoms with Crippen LogP contribution in [0.5, 0.6) is 0 Å². The summed E-state index contributed by atoms with van der Waals surface area (Å²) >= 11 is 1.74. The number of rotatable bonds is 11. The Bertz CT molecular complexity index is 1160. The Balaban J connectivity index is 0.000000555. The first-order chi connectivity index (χ1) is 17.7. The summed E-state index contributed by atoms with van der Waals surface area (Å²) in [5.41, 5.74) is 2.82. The van der Waals surface area contributed by atoms with Crippen molar-refractivity contribution in [2.45, 2.75) is 46.6 Å². The Morgan fingerprint density at radius 2 is 2.11 bits per heavy atom.